The second-order valence-electron chi connectivity index (χ2n) is 4.13. The molecule has 2 aromatic carbocycles. The Labute approximate surface area is 117 Å². The van der Waals surface area contributed by atoms with Gasteiger partial charge in [-0.1, -0.05) is 24.3 Å². The molecule has 20 heavy (non-hydrogen) atoms. The van der Waals surface area contributed by atoms with Gasteiger partial charge >= 0.3 is 0 Å². The zero-order chi connectivity index (χ0) is 14.2. The van der Waals surface area contributed by atoms with Gasteiger partial charge in [0.05, 0.1) is 24.8 Å². The lowest BCUT2D eigenvalue weighted by atomic mass is 10.1. The summed E-state index contributed by atoms with van der Waals surface area (Å²) in [6, 6.07) is 15.6. The van der Waals surface area contributed by atoms with Crippen molar-refractivity contribution in [3.8, 4) is 11.8 Å². The van der Waals surface area contributed by atoms with Crippen LogP contribution >= 0.6 is 0 Å². The van der Waals surface area contributed by atoms with Gasteiger partial charge in [0.15, 0.2) is 0 Å². The molecule has 102 valence electrons. The lowest BCUT2D eigenvalue weighted by Crippen LogP contribution is -2.07. The molecule has 0 saturated carbocycles. The molecule has 0 N–H and O–H groups in total. The van der Waals surface area contributed by atoms with E-state index in [0.717, 1.165) is 5.75 Å². The number of rotatable bonds is 6. The first-order chi connectivity index (χ1) is 9.79. The summed E-state index contributed by atoms with van der Waals surface area (Å²) in [5, 5.41) is 8.64. The summed E-state index contributed by atoms with van der Waals surface area (Å²) in [4.78, 5) is 0. The van der Waals surface area contributed by atoms with E-state index in [9.17, 15) is 4.39 Å². The molecule has 0 aliphatic rings. The van der Waals surface area contributed by atoms with Gasteiger partial charge in [-0.2, -0.15) is 5.26 Å². The molecular formula is C16H14FNO2. The van der Waals surface area contributed by atoms with E-state index in [4.69, 9.17) is 14.7 Å². The number of ether oxygens (including phenoxy) is 2. The van der Waals surface area contributed by atoms with Crippen molar-refractivity contribution < 1.29 is 13.9 Å². The Hall–Kier alpha value is -2.38. The van der Waals surface area contributed by atoms with Crippen LogP contribution in [0.5, 0.6) is 5.75 Å². The van der Waals surface area contributed by atoms with Crippen LogP contribution < -0.4 is 4.74 Å². The van der Waals surface area contributed by atoms with Crippen LogP contribution in [-0.4, -0.2) is 13.2 Å². The van der Waals surface area contributed by atoms with Crippen molar-refractivity contribution in [3.05, 3.63) is 65.5 Å². The van der Waals surface area contributed by atoms with E-state index in [2.05, 4.69) is 0 Å². The van der Waals surface area contributed by atoms with Crippen molar-refractivity contribution >= 4 is 0 Å². The van der Waals surface area contributed by atoms with Crippen molar-refractivity contribution in [2.45, 2.75) is 6.61 Å². The topological polar surface area (TPSA) is 42.2 Å². The number of para-hydroxylation sites is 1. The highest BCUT2D eigenvalue weighted by atomic mass is 19.1. The second kappa shape index (κ2) is 7.27. The third kappa shape index (κ3) is 4.08. The molecule has 0 unspecified atom stereocenters. The quantitative estimate of drug-likeness (QED) is 0.757. The van der Waals surface area contributed by atoms with E-state index in [1.54, 1.807) is 12.1 Å². The summed E-state index contributed by atoms with van der Waals surface area (Å²) in [5.74, 6) is 0.355. The van der Waals surface area contributed by atoms with E-state index in [-0.39, 0.29) is 6.61 Å². The Morgan fingerprint density at radius 3 is 2.55 bits per heavy atom. The molecule has 3 nitrogen and oxygen atoms in total. The molecule has 0 fully saturated rings. The fourth-order valence-electron chi connectivity index (χ4n) is 1.65. The second-order valence-corrected chi connectivity index (χ2v) is 4.13. The average Bonchev–Trinajstić information content (AvgIpc) is 2.49. The highest BCUT2D eigenvalue weighted by Gasteiger charge is 2.03. The van der Waals surface area contributed by atoms with Crippen LogP contribution in [-0.2, 0) is 11.3 Å². The van der Waals surface area contributed by atoms with Gasteiger partial charge in [-0.3, -0.25) is 0 Å². The maximum Gasteiger partial charge on any atom is 0.130 e. The maximum absolute atomic E-state index is 13.5. The van der Waals surface area contributed by atoms with Crippen LogP contribution in [0.1, 0.15) is 11.1 Å². The molecule has 0 aliphatic heterocycles. The minimum absolute atomic E-state index is 0.162. The smallest absolute Gasteiger partial charge is 0.130 e. The van der Waals surface area contributed by atoms with Crippen LogP contribution in [0, 0.1) is 17.1 Å². The Morgan fingerprint density at radius 1 is 1.05 bits per heavy atom. The van der Waals surface area contributed by atoms with Crippen molar-refractivity contribution in [2.75, 3.05) is 13.2 Å². The van der Waals surface area contributed by atoms with E-state index < -0.39 is 5.82 Å². The molecule has 4 heteroatoms. The zero-order valence-electron chi connectivity index (χ0n) is 10.9. The summed E-state index contributed by atoms with van der Waals surface area (Å²) in [6.07, 6.45) is 0. The predicted octanol–water partition coefficient (Wildman–Crippen LogP) is 3.29. The van der Waals surface area contributed by atoms with Crippen molar-refractivity contribution in [3.63, 3.8) is 0 Å². The monoisotopic (exact) mass is 271 g/mol. The molecule has 0 atom stereocenters. The summed E-state index contributed by atoms with van der Waals surface area (Å²) < 4.78 is 24.3. The van der Waals surface area contributed by atoms with Crippen LogP contribution in [0.15, 0.2) is 48.5 Å². The molecule has 0 saturated heterocycles. The van der Waals surface area contributed by atoms with E-state index in [0.29, 0.717) is 24.3 Å². The van der Waals surface area contributed by atoms with Crippen LogP contribution in [0.3, 0.4) is 0 Å². The third-order valence-corrected chi connectivity index (χ3v) is 2.68. The van der Waals surface area contributed by atoms with Gasteiger partial charge in [-0.25, -0.2) is 4.39 Å². The lowest BCUT2D eigenvalue weighted by molar-refractivity contribution is 0.0872. The maximum atomic E-state index is 13.5. The number of hydrogen-bond donors (Lipinski definition) is 0. The number of nitrogens with zero attached hydrogens (tertiary/aromatic N) is 1. The van der Waals surface area contributed by atoms with Gasteiger partial charge in [0, 0.05) is 5.56 Å². The molecule has 0 bridgehead atoms. The molecule has 0 aliphatic carbocycles. The van der Waals surface area contributed by atoms with Crippen molar-refractivity contribution in [2.24, 2.45) is 0 Å². The minimum Gasteiger partial charge on any atom is -0.491 e. The fourth-order valence-corrected chi connectivity index (χ4v) is 1.65. The summed E-state index contributed by atoms with van der Waals surface area (Å²) in [7, 11) is 0. The lowest BCUT2D eigenvalue weighted by Gasteiger charge is -2.07. The average molecular weight is 271 g/mol. The first kappa shape index (κ1) is 14.0. The van der Waals surface area contributed by atoms with Crippen LogP contribution in [0.25, 0.3) is 0 Å². The van der Waals surface area contributed by atoms with Gasteiger partial charge in [-0.05, 0) is 24.3 Å². The highest BCUT2D eigenvalue weighted by molar-refractivity contribution is 5.32. The van der Waals surface area contributed by atoms with Crippen molar-refractivity contribution in [1.29, 1.82) is 5.26 Å². The van der Waals surface area contributed by atoms with Crippen LogP contribution in [0.2, 0.25) is 0 Å². The molecule has 0 amide bonds. The molecule has 2 aromatic rings. The number of halogens is 1. The van der Waals surface area contributed by atoms with Gasteiger partial charge in [-0.15, -0.1) is 0 Å². The normalized spacial score (nSPS) is 10.0. The first-order valence-corrected chi connectivity index (χ1v) is 6.24. The first-order valence-electron chi connectivity index (χ1n) is 6.24. The number of nitriles is 1. The van der Waals surface area contributed by atoms with Crippen molar-refractivity contribution in [1.82, 2.24) is 0 Å². The number of benzene rings is 2. The predicted molar refractivity (Wildman–Crippen MR) is 72.7 cm³/mol. The molecule has 0 heterocycles. The van der Waals surface area contributed by atoms with E-state index in [1.807, 2.05) is 36.4 Å². The highest BCUT2D eigenvalue weighted by Crippen LogP contribution is 2.11. The van der Waals surface area contributed by atoms with Gasteiger partial charge in [0.25, 0.3) is 0 Å². The molecule has 0 aromatic heterocycles. The van der Waals surface area contributed by atoms with E-state index >= 15 is 0 Å². The summed E-state index contributed by atoms with van der Waals surface area (Å²) in [5.41, 5.74) is 0.738. The number of hydrogen-bond acceptors (Lipinski definition) is 3. The molecule has 0 radical (unpaired) electrons. The van der Waals surface area contributed by atoms with E-state index in [1.165, 1.54) is 6.07 Å². The zero-order valence-corrected chi connectivity index (χ0v) is 10.9. The summed E-state index contributed by atoms with van der Waals surface area (Å²) >= 11 is 0. The molecule has 2 rings (SSSR count). The van der Waals surface area contributed by atoms with Crippen LogP contribution in [0.4, 0.5) is 4.39 Å². The third-order valence-electron chi connectivity index (χ3n) is 2.68. The SMILES string of the molecule is N#Cc1ccc(COCCOc2ccccc2)c(F)c1. The van der Waals surface area contributed by atoms with Gasteiger partial charge in [0.2, 0.25) is 0 Å². The Morgan fingerprint density at radius 2 is 1.85 bits per heavy atom. The largest absolute Gasteiger partial charge is 0.491 e. The van der Waals surface area contributed by atoms with Gasteiger partial charge < -0.3 is 9.47 Å². The molecular weight excluding hydrogens is 257 g/mol. The minimum atomic E-state index is -0.423. The standard InChI is InChI=1S/C16H14FNO2/c17-16-10-13(11-18)6-7-14(16)12-19-8-9-20-15-4-2-1-3-5-15/h1-7,10H,8-9,12H2. The Kier molecular flexibility index (Phi) is 5.10. The molecule has 0 spiro atoms. The fraction of sp³-hybridized carbons (Fsp3) is 0.188. The Bertz CT molecular complexity index is 593. The summed E-state index contributed by atoms with van der Waals surface area (Å²) in [6.45, 7) is 0.936. The Balaban J connectivity index is 1.72. The van der Waals surface area contributed by atoms with Gasteiger partial charge in [0.1, 0.15) is 18.2 Å².